The van der Waals surface area contributed by atoms with E-state index in [1.807, 2.05) is 48.5 Å². The van der Waals surface area contributed by atoms with E-state index in [4.69, 9.17) is 10.5 Å². The molecule has 0 spiro atoms. The molecule has 0 aliphatic rings. The molecule has 0 bridgehead atoms. The molecule has 17 heavy (non-hydrogen) atoms. The fourth-order valence-corrected chi connectivity index (χ4v) is 1.77. The largest absolute Gasteiger partial charge is 0.493 e. The molecule has 0 unspecified atom stereocenters. The zero-order chi connectivity index (χ0) is 12.1. The molecule has 2 aromatic rings. The predicted octanol–water partition coefficient (Wildman–Crippen LogP) is 3.65. The summed E-state index contributed by atoms with van der Waals surface area (Å²) >= 11 is 3.39. The lowest BCUT2D eigenvalue weighted by molar-refractivity contribution is 0.322. The number of hydrogen-bond acceptors (Lipinski definition) is 2. The van der Waals surface area contributed by atoms with Crippen molar-refractivity contribution in [3.05, 3.63) is 58.6 Å². The van der Waals surface area contributed by atoms with E-state index in [2.05, 4.69) is 15.9 Å². The summed E-state index contributed by atoms with van der Waals surface area (Å²) in [7, 11) is 0. The number of ether oxygens (including phenoxy) is 1. The van der Waals surface area contributed by atoms with Gasteiger partial charge in [-0.25, -0.2) is 0 Å². The second kappa shape index (κ2) is 5.73. The molecule has 0 aromatic heterocycles. The summed E-state index contributed by atoms with van der Waals surface area (Å²) in [5, 5.41) is 0. The first-order valence-corrected chi connectivity index (χ1v) is 6.26. The SMILES string of the molecule is Nc1ccc(CCOc2ccc(Br)cc2)cc1. The van der Waals surface area contributed by atoms with Crippen LogP contribution in [0.3, 0.4) is 0 Å². The van der Waals surface area contributed by atoms with Crippen molar-refractivity contribution in [3.63, 3.8) is 0 Å². The highest BCUT2D eigenvalue weighted by atomic mass is 79.9. The Balaban J connectivity index is 1.83. The van der Waals surface area contributed by atoms with Crippen LogP contribution in [0.1, 0.15) is 5.56 Å². The third-order valence-electron chi connectivity index (χ3n) is 2.45. The molecule has 2 aromatic carbocycles. The molecule has 0 aliphatic carbocycles. The summed E-state index contributed by atoms with van der Waals surface area (Å²) in [6.45, 7) is 0.672. The van der Waals surface area contributed by atoms with Crippen LogP contribution in [0.5, 0.6) is 5.75 Å². The Labute approximate surface area is 110 Å². The minimum atomic E-state index is 0.672. The van der Waals surface area contributed by atoms with Crippen molar-refractivity contribution >= 4 is 21.6 Å². The van der Waals surface area contributed by atoms with Gasteiger partial charge in [-0.2, -0.15) is 0 Å². The van der Waals surface area contributed by atoms with Crippen molar-refractivity contribution in [2.75, 3.05) is 12.3 Å². The van der Waals surface area contributed by atoms with Crippen LogP contribution in [0.2, 0.25) is 0 Å². The number of anilines is 1. The Bertz CT molecular complexity index is 419. The highest BCUT2D eigenvalue weighted by molar-refractivity contribution is 9.10. The molecule has 0 heterocycles. The Kier molecular flexibility index (Phi) is 4.04. The summed E-state index contributed by atoms with van der Waals surface area (Å²) < 4.78 is 6.70. The molecule has 2 rings (SSSR count). The number of benzene rings is 2. The third kappa shape index (κ3) is 3.79. The second-order valence-corrected chi connectivity index (χ2v) is 4.71. The fraction of sp³-hybridized carbons (Fsp3) is 0.143. The number of halogens is 1. The molecule has 2 N–H and O–H groups in total. The van der Waals surface area contributed by atoms with E-state index < -0.39 is 0 Å². The summed E-state index contributed by atoms with van der Waals surface area (Å²) in [4.78, 5) is 0. The molecular weight excluding hydrogens is 278 g/mol. The van der Waals surface area contributed by atoms with E-state index >= 15 is 0 Å². The van der Waals surface area contributed by atoms with Crippen molar-refractivity contribution in [2.45, 2.75) is 6.42 Å². The Hall–Kier alpha value is -1.48. The van der Waals surface area contributed by atoms with Gasteiger partial charge in [0.1, 0.15) is 5.75 Å². The Morgan fingerprint density at radius 2 is 1.59 bits per heavy atom. The number of nitrogen functional groups attached to an aromatic ring is 1. The average molecular weight is 292 g/mol. The van der Waals surface area contributed by atoms with Gasteiger partial charge in [-0.15, -0.1) is 0 Å². The van der Waals surface area contributed by atoms with Crippen molar-refractivity contribution in [1.82, 2.24) is 0 Å². The van der Waals surface area contributed by atoms with Crippen LogP contribution in [0.25, 0.3) is 0 Å². The lowest BCUT2D eigenvalue weighted by Gasteiger charge is -2.06. The van der Waals surface area contributed by atoms with Gasteiger partial charge in [0.05, 0.1) is 6.61 Å². The number of hydrogen-bond donors (Lipinski definition) is 1. The predicted molar refractivity (Wildman–Crippen MR) is 74.2 cm³/mol. The Morgan fingerprint density at radius 3 is 2.24 bits per heavy atom. The van der Waals surface area contributed by atoms with E-state index in [1.54, 1.807) is 0 Å². The monoisotopic (exact) mass is 291 g/mol. The molecule has 0 atom stereocenters. The molecule has 0 saturated carbocycles. The van der Waals surface area contributed by atoms with Crippen molar-refractivity contribution in [2.24, 2.45) is 0 Å². The van der Waals surface area contributed by atoms with Gasteiger partial charge in [-0.1, -0.05) is 28.1 Å². The molecule has 0 aliphatic heterocycles. The van der Waals surface area contributed by atoms with Crippen LogP contribution < -0.4 is 10.5 Å². The van der Waals surface area contributed by atoms with Crippen LogP contribution in [0, 0.1) is 0 Å². The van der Waals surface area contributed by atoms with E-state index in [0.717, 1.165) is 22.3 Å². The van der Waals surface area contributed by atoms with Gasteiger partial charge in [-0.05, 0) is 42.0 Å². The first-order chi connectivity index (χ1) is 8.24. The maximum atomic E-state index is 5.64. The summed E-state index contributed by atoms with van der Waals surface area (Å²) in [6, 6.07) is 15.7. The van der Waals surface area contributed by atoms with Crippen LogP contribution in [-0.4, -0.2) is 6.61 Å². The van der Waals surface area contributed by atoms with Gasteiger partial charge in [0, 0.05) is 16.6 Å². The van der Waals surface area contributed by atoms with Gasteiger partial charge < -0.3 is 10.5 Å². The highest BCUT2D eigenvalue weighted by Crippen LogP contribution is 2.16. The lowest BCUT2D eigenvalue weighted by atomic mass is 10.1. The maximum absolute atomic E-state index is 5.64. The summed E-state index contributed by atoms with van der Waals surface area (Å²) in [5.41, 5.74) is 7.65. The van der Waals surface area contributed by atoms with Gasteiger partial charge in [-0.3, -0.25) is 0 Å². The smallest absolute Gasteiger partial charge is 0.119 e. The molecule has 0 fully saturated rings. The second-order valence-electron chi connectivity index (χ2n) is 3.79. The van der Waals surface area contributed by atoms with E-state index in [1.165, 1.54) is 5.56 Å². The third-order valence-corrected chi connectivity index (χ3v) is 2.98. The molecular formula is C14H14BrNO. The summed E-state index contributed by atoms with van der Waals surface area (Å²) in [6.07, 6.45) is 0.885. The van der Waals surface area contributed by atoms with Crippen LogP contribution >= 0.6 is 15.9 Å². The van der Waals surface area contributed by atoms with Gasteiger partial charge >= 0.3 is 0 Å². The standard InChI is InChI=1S/C14H14BrNO/c15-12-3-7-14(8-4-12)17-10-9-11-1-5-13(16)6-2-11/h1-8H,9-10,16H2. The highest BCUT2D eigenvalue weighted by Gasteiger charge is 1.96. The number of nitrogens with two attached hydrogens (primary N) is 1. The average Bonchev–Trinajstić information content (AvgIpc) is 2.34. The Morgan fingerprint density at radius 1 is 0.941 bits per heavy atom. The minimum Gasteiger partial charge on any atom is -0.493 e. The zero-order valence-corrected chi connectivity index (χ0v) is 11.0. The van der Waals surface area contributed by atoms with E-state index in [0.29, 0.717) is 6.61 Å². The van der Waals surface area contributed by atoms with Gasteiger partial charge in [0.15, 0.2) is 0 Å². The van der Waals surface area contributed by atoms with Crippen molar-refractivity contribution in [3.8, 4) is 5.75 Å². The molecule has 0 saturated heterocycles. The maximum Gasteiger partial charge on any atom is 0.119 e. The molecule has 2 nitrogen and oxygen atoms in total. The normalized spacial score (nSPS) is 10.2. The van der Waals surface area contributed by atoms with Crippen molar-refractivity contribution in [1.29, 1.82) is 0 Å². The molecule has 88 valence electrons. The van der Waals surface area contributed by atoms with Gasteiger partial charge in [0.25, 0.3) is 0 Å². The molecule has 0 radical (unpaired) electrons. The van der Waals surface area contributed by atoms with Crippen LogP contribution in [-0.2, 0) is 6.42 Å². The minimum absolute atomic E-state index is 0.672. The first kappa shape index (κ1) is 12.0. The van der Waals surface area contributed by atoms with E-state index in [-0.39, 0.29) is 0 Å². The zero-order valence-electron chi connectivity index (χ0n) is 9.40. The first-order valence-electron chi connectivity index (χ1n) is 5.47. The van der Waals surface area contributed by atoms with Gasteiger partial charge in [0.2, 0.25) is 0 Å². The van der Waals surface area contributed by atoms with Crippen LogP contribution in [0.15, 0.2) is 53.0 Å². The number of rotatable bonds is 4. The van der Waals surface area contributed by atoms with Crippen LogP contribution in [0.4, 0.5) is 5.69 Å². The molecule has 3 heteroatoms. The fourth-order valence-electron chi connectivity index (χ4n) is 1.50. The van der Waals surface area contributed by atoms with E-state index in [9.17, 15) is 0 Å². The summed E-state index contributed by atoms with van der Waals surface area (Å²) in [5.74, 6) is 0.892. The molecule has 0 amide bonds. The lowest BCUT2D eigenvalue weighted by Crippen LogP contribution is -2.01. The van der Waals surface area contributed by atoms with Crippen molar-refractivity contribution < 1.29 is 4.74 Å². The topological polar surface area (TPSA) is 35.2 Å². The quantitative estimate of drug-likeness (QED) is 0.873.